The number of rotatable bonds is 10. The summed E-state index contributed by atoms with van der Waals surface area (Å²) >= 11 is 0. The van der Waals surface area contributed by atoms with E-state index in [2.05, 4.69) is 6.58 Å². The number of hydrogen-bond acceptors (Lipinski definition) is 4. The van der Waals surface area contributed by atoms with Crippen LogP contribution in [0.2, 0.25) is 0 Å². The van der Waals surface area contributed by atoms with Crippen LogP contribution >= 0.6 is 0 Å². The smallest absolute Gasteiger partial charge is 0.246 e. The van der Waals surface area contributed by atoms with E-state index >= 15 is 0 Å². The Morgan fingerprint density at radius 2 is 1.83 bits per heavy atom. The van der Waals surface area contributed by atoms with Crippen molar-refractivity contribution in [1.29, 1.82) is 0 Å². The highest BCUT2D eigenvalue weighted by molar-refractivity contribution is 5.94. The Morgan fingerprint density at radius 1 is 1.22 bits per heavy atom. The number of ether oxygens (including phenoxy) is 1. The fourth-order valence-electron chi connectivity index (χ4n) is 1.93. The van der Waals surface area contributed by atoms with Crippen LogP contribution in [0.25, 0.3) is 0 Å². The first kappa shape index (κ1) is 21.5. The zero-order valence-corrected chi connectivity index (χ0v) is 15.1. The van der Waals surface area contributed by atoms with E-state index in [1.165, 1.54) is 12.2 Å². The van der Waals surface area contributed by atoms with Gasteiger partial charge in [-0.25, -0.2) is 0 Å². The van der Waals surface area contributed by atoms with Crippen molar-refractivity contribution < 1.29 is 19.4 Å². The van der Waals surface area contributed by atoms with E-state index < -0.39 is 5.41 Å². The molecule has 5 heteroatoms. The lowest BCUT2D eigenvalue weighted by molar-refractivity contribution is -0.133. The zero-order chi connectivity index (χ0) is 18.1. The van der Waals surface area contributed by atoms with E-state index in [-0.39, 0.29) is 30.4 Å². The largest absolute Gasteiger partial charge is 0.396 e. The summed E-state index contributed by atoms with van der Waals surface area (Å²) in [6.07, 6.45) is 4.91. The molecule has 0 spiro atoms. The number of allylic oxidation sites excluding steroid dienone is 1. The molecule has 0 saturated carbocycles. The van der Waals surface area contributed by atoms with Crippen molar-refractivity contribution in [2.45, 2.75) is 46.6 Å². The number of nitrogens with zero attached hydrogens (tertiary/aromatic N) is 1. The first-order valence-corrected chi connectivity index (χ1v) is 7.90. The maximum atomic E-state index is 12.1. The minimum absolute atomic E-state index is 0.0285. The van der Waals surface area contributed by atoms with E-state index in [1.807, 2.05) is 34.6 Å². The quantitative estimate of drug-likeness (QED) is 0.494. The van der Waals surface area contributed by atoms with Crippen molar-refractivity contribution in [2.24, 2.45) is 5.41 Å². The summed E-state index contributed by atoms with van der Waals surface area (Å²) in [5.74, 6) is -0.177. The standard InChI is InChI=1S/C18H31NO4/c1-7-16(22)19(17(2,3)4)11-13-23-14-18(5,6)15(21)10-8-9-12-20/h7-8,10,20H,1,9,11-14H2,2-6H3/b10-8+. The fraction of sp³-hybridized carbons (Fsp3) is 0.667. The van der Waals surface area contributed by atoms with Gasteiger partial charge in [0.1, 0.15) is 0 Å². The molecular weight excluding hydrogens is 294 g/mol. The molecule has 0 aromatic rings. The van der Waals surface area contributed by atoms with Crippen molar-refractivity contribution >= 4 is 11.7 Å². The van der Waals surface area contributed by atoms with Crippen molar-refractivity contribution in [2.75, 3.05) is 26.4 Å². The molecule has 1 N–H and O–H groups in total. The summed E-state index contributed by atoms with van der Waals surface area (Å²) in [5, 5.41) is 8.71. The molecule has 132 valence electrons. The Balaban J connectivity index is 4.44. The molecule has 0 fully saturated rings. The van der Waals surface area contributed by atoms with Crippen LogP contribution in [0.4, 0.5) is 0 Å². The van der Waals surface area contributed by atoms with Crippen LogP contribution in [-0.4, -0.2) is 53.6 Å². The minimum Gasteiger partial charge on any atom is -0.396 e. The molecule has 0 bridgehead atoms. The summed E-state index contributed by atoms with van der Waals surface area (Å²) in [6.45, 7) is 14.1. The predicted molar refractivity (Wildman–Crippen MR) is 92.1 cm³/mol. The maximum absolute atomic E-state index is 12.1. The van der Waals surface area contributed by atoms with Gasteiger partial charge in [0.2, 0.25) is 5.91 Å². The SMILES string of the molecule is C=CC(=O)N(CCOCC(C)(C)C(=O)/C=C/CCO)C(C)(C)C. The lowest BCUT2D eigenvalue weighted by atomic mass is 9.89. The third-order valence-electron chi connectivity index (χ3n) is 3.40. The van der Waals surface area contributed by atoms with Gasteiger partial charge in [-0.3, -0.25) is 9.59 Å². The summed E-state index contributed by atoms with van der Waals surface area (Å²) in [7, 11) is 0. The minimum atomic E-state index is -0.638. The van der Waals surface area contributed by atoms with Crippen molar-refractivity contribution in [1.82, 2.24) is 4.90 Å². The van der Waals surface area contributed by atoms with Crippen molar-refractivity contribution in [3.63, 3.8) is 0 Å². The molecule has 0 aromatic carbocycles. The van der Waals surface area contributed by atoms with E-state index in [0.29, 0.717) is 19.6 Å². The molecule has 0 heterocycles. The lowest BCUT2D eigenvalue weighted by Gasteiger charge is -2.35. The molecule has 0 aliphatic carbocycles. The monoisotopic (exact) mass is 325 g/mol. The number of carbonyl (C=O) groups excluding carboxylic acids is 2. The van der Waals surface area contributed by atoms with E-state index in [9.17, 15) is 9.59 Å². The molecule has 5 nitrogen and oxygen atoms in total. The topological polar surface area (TPSA) is 66.8 Å². The Morgan fingerprint density at radius 3 is 2.30 bits per heavy atom. The summed E-state index contributed by atoms with van der Waals surface area (Å²) < 4.78 is 5.61. The average molecular weight is 325 g/mol. The molecule has 0 atom stereocenters. The summed E-state index contributed by atoms with van der Waals surface area (Å²) in [6, 6.07) is 0. The Hall–Kier alpha value is -1.46. The molecule has 0 unspecified atom stereocenters. The van der Waals surface area contributed by atoms with Crippen LogP contribution in [0.15, 0.2) is 24.8 Å². The second kappa shape index (κ2) is 9.63. The number of amides is 1. The molecule has 0 aliphatic rings. The van der Waals surface area contributed by atoms with Crippen molar-refractivity contribution in [3.05, 3.63) is 24.8 Å². The zero-order valence-electron chi connectivity index (χ0n) is 15.1. The predicted octanol–water partition coefficient (Wildman–Crippen LogP) is 2.35. The molecular formula is C18H31NO4. The van der Waals surface area contributed by atoms with Gasteiger partial charge < -0.3 is 14.7 Å². The van der Waals surface area contributed by atoms with Crippen LogP contribution in [0.3, 0.4) is 0 Å². The van der Waals surface area contributed by atoms with E-state index in [4.69, 9.17) is 9.84 Å². The lowest BCUT2D eigenvalue weighted by Crippen LogP contribution is -2.46. The fourth-order valence-corrected chi connectivity index (χ4v) is 1.93. The molecule has 0 radical (unpaired) electrons. The van der Waals surface area contributed by atoms with Crippen LogP contribution < -0.4 is 0 Å². The summed E-state index contributed by atoms with van der Waals surface area (Å²) in [4.78, 5) is 25.6. The molecule has 0 rings (SSSR count). The molecule has 1 amide bonds. The Labute approximate surface area is 140 Å². The highest BCUT2D eigenvalue weighted by Gasteiger charge is 2.27. The first-order chi connectivity index (χ1) is 10.6. The molecule has 0 aromatic heterocycles. The molecule has 0 aliphatic heterocycles. The third-order valence-corrected chi connectivity index (χ3v) is 3.40. The summed E-state index contributed by atoms with van der Waals surface area (Å²) in [5.41, 5.74) is -0.950. The van der Waals surface area contributed by atoms with Gasteiger partial charge in [-0.15, -0.1) is 0 Å². The molecule has 0 saturated heterocycles. The second-order valence-electron chi connectivity index (χ2n) is 7.08. The highest BCUT2D eigenvalue weighted by Crippen LogP contribution is 2.19. The van der Waals surface area contributed by atoms with Crippen LogP contribution in [0, 0.1) is 5.41 Å². The number of ketones is 1. The van der Waals surface area contributed by atoms with Gasteiger partial charge >= 0.3 is 0 Å². The van der Waals surface area contributed by atoms with Crippen molar-refractivity contribution in [3.8, 4) is 0 Å². The number of carbonyl (C=O) groups is 2. The van der Waals surface area contributed by atoms with Gasteiger partial charge in [0.15, 0.2) is 5.78 Å². The van der Waals surface area contributed by atoms with Gasteiger partial charge in [0, 0.05) is 18.7 Å². The van der Waals surface area contributed by atoms with E-state index in [0.717, 1.165) is 0 Å². The van der Waals surface area contributed by atoms with Crippen LogP contribution in [0.1, 0.15) is 41.0 Å². The first-order valence-electron chi connectivity index (χ1n) is 7.90. The van der Waals surface area contributed by atoms with Crippen LogP contribution in [0.5, 0.6) is 0 Å². The van der Waals surface area contributed by atoms with Gasteiger partial charge in [-0.1, -0.05) is 26.5 Å². The normalized spacial score (nSPS) is 12.4. The molecule has 23 heavy (non-hydrogen) atoms. The number of aliphatic hydroxyl groups is 1. The maximum Gasteiger partial charge on any atom is 0.246 e. The number of aliphatic hydroxyl groups excluding tert-OH is 1. The Bertz CT molecular complexity index is 433. The van der Waals surface area contributed by atoms with Gasteiger partial charge in [-0.05, 0) is 39.3 Å². The van der Waals surface area contributed by atoms with E-state index in [1.54, 1.807) is 11.0 Å². The Kier molecular flexibility index (Phi) is 9.02. The van der Waals surface area contributed by atoms with Crippen LogP contribution in [-0.2, 0) is 14.3 Å². The van der Waals surface area contributed by atoms with Gasteiger partial charge in [0.05, 0.1) is 18.6 Å². The van der Waals surface area contributed by atoms with Gasteiger partial charge in [-0.2, -0.15) is 0 Å². The average Bonchev–Trinajstić information content (AvgIpc) is 2.45. The third kappa shape index (κ3) is 8.09. The highest BCUT2D eigenvalue weighted by atomic mass is 16.5. The second-order valence-corrected chi connectivity index (χ2v) is 7.08. The number of hydrogen-bond donors (Lipinski definition) is 1. The van der Waals surface area contributed by atoms with Gasteiger partial charge in [0.25, 0.3) is 0 Å².